The molecule has 162 valence electrons. The number of halogens is 2. The van der Waals surface area contributed by atoms with E-state index in [2.05, 4.69) is 25.4 Å². The molecule has 0 aliphatic heterocycles. The fourth-order valence-corrected chi connectivity index (χ4v) is 3.68. The predicted octanol–water partition coefficient (Wildman–Crippen LogP) is 2.76. The van der Waals surface area contributed by atoms with Crippen LogP contribution in [0.2, 0.25) is 5.02 Å². The SMILES string of the molecule is COCC(=O)N(C)c1nc(-c2c(-c3cn[nH]c3)c3cc(OC)c(Cl)c(F)c3n2C)n[nH]1. The van der Waals surface area contributed by atoms with Gasteiger partial charge in [-0.15, -0.1) is 0 Å². The molecule has 0 unspecified atom stereocenters. The molecule has 1 amide bonds. The number of anilines is 1. The lowest BCUT2D eigenvalue weighted by atomic mass is 10.0. The Balaban J connectivity index is 1.97. The van der Waals surface area contributed by atoms with E-state index in [1.165, 1.54) is 19.1 Å². The van der Waals surface area contributed by atoms with Crippen molar-refractivity contribution in [1.82, 2.24) is 29.9 Å². The number of nitrogens with one attached hydrogen (secondary N) is 2. The molecule has 0 atom stereocenters. The third-order valence-corrected chi connectivity index (χ3v) is 5.33. The van der Waals surface area contributed by atoms with Crippen LogP contribution in [0.4, 0.5) is 10.3 Å². The van der Waals surface area contributed by atoms with Crippen LogP contribution >= 0.6 is 11.6 Å². The van der Waals surface area contributed by atoms with Gasteiger partial charge in [0.05, 0.1) is 24.5 Å². The molecule has 0 saturated carbocycles. The van der Waals surface area contributed by atoms with Crippen LogP contribution in [0, 0.1) is 5.82 Å². The van der Waals surface area contributed by atoms with Gasteiger partial charge in [0.25, 0.3) is 5.91 Å². The third-order valence-electron chi connectivity index (χ3n) is 4.98. The van der Waals surface area contributed by atoms with Crippen molar-refractivity contribution in [3.63, 3.8) is 0 Å². The molecule has 12 heteroatoms. The molecule has 4 aromatic rings. The molecular weight excluding hydrogens is 429 g/mol. The summed E-state index contributed by atoms with van der Waals surface area (Å²) in [5.74, 6) is -0.250. The number of aromatic amines is 2. The van der Waals surface area contributed by atoms with Crippen molar-refractivity contribution in [2.75, 3.05) is 32.8 Å². The number of amides is 1. The smallest absolute Gasteiger partial charge is 0.255 e. The highest BCUT2D eigenvalue weighted by atomic mass is 35.5. The van der Waals surface area contributed by atoms with Crippen molar-refractivity contribution in [1.29, 1.82) is 0 Å². The van der Waals surface area contributed by atoms with E-state index in [1.54, 1.807) is 37.1 Å². The Morgan fingerprint density at radius 3 is 2.81 bits per heavy atom. The zero-order chi connectivity index (χ0) is 22.3. The zero-order valence-corrected chi connectivity index (χ0v) is 17.9. The van der Waals surface area contributed by atoms with Gasteiger partial charge in [0.2, 0.25) is 5.95 Å². The molecule has 3 heterocycles. The number of hydrogen-bond acceptors (Lipinski definition) is 6. The lowest BCUT2D eigenvalue weighted by molar-refractivity contribution is -0.121. The highest BCUT2D eigenvalue weighted by molar-refractivity contribution is 6.33. The Morgan fingerprint density at radius 1 is 1.39 bits per heavy atom. The topological polar surface area (TPSA) is 114 Å². The van der Waals surface area contributed by atoms with E-state index in [4.69, 9.17) is 21.1 Å². The summed E-state index contributed by atoms with van der Waals surface area (Å²) in [5, 5.41) is 14.2. The van der Waals surface area contributed by atoms with Crippen molar-refractivity contribution in [2.24, 2.45) is 7.05 Å². The normalized spacial score (nSPS) is 11.3. The van der Waals surface area contributed by atoms with Crippen molar-refractivity contribution in [3.8, 4) is 28.4 Å². The highest BCUT2D eigenvalue weighted by Gasteiger charge is 2.27. The summed E-state index contributed by atoms with van der Waals surface area (Å²) in [7, 11) is 6.08. The van der Waals surface area contributed by atoms with E-state index in [0.717, 1.165) is 0 Å². The molecule has 4 rings (SSSR count). The standard InChI is InChI=1S/C19H19ClFN7O3/c1-27(12(29)8-30-3)19-24-18(25-26-19)17-13(9-6-22-23-7-9)10-5-11(31-4)14(20)15(21)16(10)28(17)2/h5-7H,8H2,1-4H3,(H,22,23)(H,24,25,26). The third kappa shape index (κ3) is 3.31. The number of hydrogen-bond donors (Lipinski definition) is 2. The minimum Gasteiger partial charge on any atom is -0.495 e. The number of H-pyrrole nitrogens is 2. The fourth-order valence-electron chi connectivity index (χ4n) is 3.46. The largest absolute Gasteiger partial charge is 0.495 e. The molecule has 1 aromatic carbocycles. The van der Waals surface area contributed by atoms with Crippen LogP contribution in [0.1, 0.15) is 0 Å². The average molecular weight is 448 g/mol. The monoisotopic (exact) mass is 447 g/mol. The van der Waals surface area contributed by atoms with Crippen molar-refractivity contribution in [3.05, 3.63) is 29.3 Å². The second-order valence-electron chi connectivity index (χ2n) is 6.74. The minimum atomic E-state index is -0.627. The van der Waals surface area contributed by atoms with Crippen LogP contribution in [-0.4, -0.2) is 63.7 Å². The van der Waals surface area contributed by atoms with E-state index in [9.17, 15) is 4.79 Å². The Morgan fingerprint density at radius 2 is 2.16 bits per heavy atom. The van der Waals surface area contributed by atoms with Crippen LogP contribution in [0.25, 0.3) is 33.5 Å². The van der Waals surface area contributed by atoms with Gasteiger partial charge in [-0.25, -0.2) is 9.49 Å². The second kappa shape index (κ2) is 8.00. The summed E-state index contributed by atoms with van der Waals surface area (Å²) in [6, 6.07) is 1.66. The zero-order valence-electron chi connectivity index (χ0n) is 17.2. The second-order valence-corrected chi connectivity index (χ2v) is 7.12. The fraction of sp³-hybridized carbons (Fsp3) is 0.263. The van der Waals surface area contributed by atoms with E-state index in [0.29, 0.717) is 22.2 Å². The maximum absolute atomic E-state index is 15.2. The quantitative estimate of drug-likeness (QED) is 0.469. The van der Waals surface area contributed by atoms with E-state index >= 15 is 4.39 Å². The molecule has 10 nitrogen and oxygen atoms in total. The lowest BCUT2D eigenvalue weighted by Crippen LogP contribution is -2.30. The Labute approximate surface area is 180 Å². The van der Waals surface area contributed by atoms with E-state index in [-0.39, 0.29) is 40.6 Å². The molecule has 31 heavy (non-hydrogen) atoms. The van der Waals surface area contributed by atoms with Gasteiger partial charge in [0.15, 0.2) is 11.6 Å². The number of carbonyl (C=O) groups excluding carboxylic acids is 1. The molecule has 0 aliphatic rings. The number of nitrogens with zero attached hydrogens (tertiary/aromatic N) is 5. The van der Waals surface area contributed by atoms with Gasteiger partial charge in [-0.3, -0.25) is 14.8 Å². The van der Waals surface area contributed by atoms with Crippen LogP contribution in [0.5, 0.6) is 5.75 Å². The van der Waals surface area contributed by atoms with E-state index in [1.807, 2.05) is 0 Å². The first kappa shape index (κ1) is 20.8. The number of fused-ring (bicyclic) bond motifs is 1. The molecule has 0 bridgehead atoms. The van der Waals surface area contributed by atoms with E-state index < -0.39 is 5.82 Å². The maximum Gasteiger partial charge on any atom is 0.255 e. The number of rotatable bonds is 6. The Kier molecular flexibility index (Phi) is 5.38. The van der Waals surface area contributed by atoms with Crippen LogP contribution in [-0.2, 0) is 16.6 Å². The van der Waals surface area contributed by atoms with Gasteiger partial charge in [0, 0.05) is 43.9 Å². The number of aryl methyl sites for hydroxylation is 1. The van der Waals surface area contributed by atoms with Gasteiger partial charge in [-0.05, 0) is 6.07 Å². The van der Waals surface area contributed by atoms with Crippen molar-refractivity contribution < 1.29 is 18.7 Å². The number of aromatic nitrogens is 6. The average Bonchev–Trinajstić information content (AvgIpc) is 3.49. The molecule has 0 aliphatic carbocycles. The van der Waals surface area contributed by atoms with Gasteiger partial charge >= 0.3 is 0 Å². The number of benzene rings is 1. The highest BCUT2D eigenvalue weighted by Crippen LogP contribution is 2.44. The molecular formula is C19H19ClFN7O3. The Hall–Kier alpha value is -3.44. The molecule has 0 radical (unpaired) electrons. The maximum atomic E-state index is 15.2. The summed E-state index contributed by atoms with van der Waals surface area (Å²) in [5.41, 5.74) is 2.10. The molecule has 2 N–H and O–H groups in total. The summed E-state index contributed by atoms with van der Waals surface area (Å²) in [4.78, 5) is 17.9. The van der Waals surface area contributed by atoms with Crippen LogP contribution < -0.4 is 9.64 Å². The van der Waals surface area contributed by atoms with Gasteiger partial charge in [-0.2, -0.15) is 15.2 Å². The summed E-state index contributed by atoms with van der Waals surface area (Å²) < 4.78 is 26.9. The molecule has 0 saturated heterocycles. The first-order valence-corrected chi connectivity index (χ1v) is 9.48. The molecule has 0 spiro atoms. The van der Waals surface area contributed by atoms with Crippen molar-refractivity contribution >= 4 is 34.4 Å². The summed E-state index contributed by atoms with van der Waals surface area (Å²) in [6.07, 6.45) is 3.29. The predicted molar refractivity (Wildman–Crippen MR) is 113 cm³/mol. The Bertz CT molecular complexity index is 1270. The molecule has 0 fully saturated rings. The lowest BCUT2D eigenvalue weighted by Gasteiger charge is -2.12. The van der Waals surface area contributed by atoms with Gasteiger partial charge in [0.1, 0.15) is 17.4 Å². The number of ether oxygens (including phenoxy) is 2. The first-order valence-electron chi connectivity index (χ1n) is 9.10. The van der Waals surface area contributed by atoms with Crippen LogP contribution in [0.15, 0.2) is 18.5 Å². The van der Waals surface area contributed by atoms with Crippen molar-refractivity contribution in [2.45, 2.75) is 0 Å². The minimum absolute atomic E-state index is 0.107. The summed E-state index contributed by atoms with van der Waals surface area (Å²) in [6.45, 7) is -0.107. The van der Waals surface area contributed by atoms with Gasteiger partial charge < -0.3 is 14.0 Å². The van der Waals surface area contributed by atoms with Crippen LogP contribution in [0.3, 0.4) is 0 Å². The number of methoxy groups -OCH3 is 2. The first-order chi connectivity index (χ1) is 14.9. The number of carbonyl (C=O) groups is 1. The summed E-state index contributed by atoms with van der Waals surface area (Å²) >= 11 is 6.16. The van der Waals surface area contributed by atoms with Gasteiger partial charge in [-0.1, -0.05) is 11.6 Å². The number of likely N-dealkylation sites (N-methyl/N-ethyl adjacent to an activating group) is 1. The molecule has 3 aromatic heterocycles.